The van der Waals surface area contributed by atoms with Crippen molar-refractivity contribution in [3.05, 3.63) is 36.4 Å². The molecule has 0 saturated heterocycles. The van der Waals surface area contributed by atoms with Crippen LogP contribution in [-0.2, 0) is 0 Å². The van der Waals surface area contributed by atoms with Crippen molar-refractivity contribution in [2.75, 3.05) is 5.32 Å². The SMILES string of the molecule is C=C(C)C(O)(O)Nc1ccc(O)cc1. The molecular formula is C10H13NO3. The normalized spacial score (nSPS) is 11.1. The Labute approximate surface area is 82.1 Å². The summed E-state index contributed by atoms with van der Waals surface area (Å²) in [6.45, 7) is 4.92. The van der Waals surface area contributed by atoms with E-state index in [0.717, 1.165) is 0 Å². The molecule has 4 N–H and O–H groups in total. The Morgan fingerprint density at radius 1 is 1.29 bits per heavy atom. The smallest absolute Gasteiger partial charge is 0.267 e. The number of aromatic hydroxyl groups is 1. The molecule has 0 amide bonds. The second-order valence-corrected chi connectivity index (χ2v) is 3.12. The number of rotatable bonds is 3. The van der Waals surface area contributed by atoms with Crippen molar-refractivity contribution in [3.8, 4) is 5.75 Å². The van der Waals surface area contributed by atoms with Crippen molar-refractivity contribution in [2.45, 2.75) is 12.8 Å². The van der Waals surface area contributed by atoms with Crippen molar-refractivity contribution in [2.24, 2.45) is 0 Å². The first-order valence-corrected chi connectivity index (χ1v) is 4.10. The van der Waals surface area contributed by atoms with Gasteiger partial charge in [0.15, 0.2) is 0 Å². The van der Waals surface area contributed by atoms with Crippen molar-refractivity contribution >= 4 is 5.69 Å². The van der Waals surface area contributed by atoms with Gasteiger partial charge in [-0.1, -0.05) is 6.58 Å². The van der Waals surface area contributed by atoms with Gasteiger partial charge < -0.3 is 20.6 Å². The summed E-state index contributed by atoms with van der Waals surface area (Å²) in [6, 6.07) is 5.94. The van der Waals surface area contributed by atoms with Gasteiger partial charge in [-0.05, 0) is 31.2 Å². The van der Waals surface area contributed by atoms with Crippen LogP contribution in [-0.4, -0.2) is 21.2 Å². The molecule has 0 atom stereocenters. The van der Waals surface area contributed by atoms with Crippen LogP contribution in [0.15, 0.2) is 36.4 Å². The predicted molar refractivity (Wildman–Crippen MR) is 53.7 cm³/mol. The molecular weight excluding hydrogens is 182 g/mol. The van der Waals surface area contributed by atoms with Crippen LogP contribution < -0.4 is 5.32 Å². The maximum absolute atomic E-state index is 9.40. The van der Waals surface area contributed by atoms with Crippen LogP contribution in [0.5, 0.6) is 5.75 Å². The molecule has 1 aromatic rings. The summed E-state index contributed by atoms with van der Waals surface area (Å²) in [7, 11) is 0. The second kappa shape index (κ2) is 3.69. The summed E-state index contributed by atoms with van der Waals surface area (Å²) in [5.74, 6) is -2.01. The zero-order valence-electron chi connectivity index (χ0n) is 7.86. The summed E-state index contributed by atoms with van der Waals surface area (Å²) in [5.41, 5.74) is 0.668. The van der Waals surface area contributed by atoms with E-state index >= 15 is 0 Å². The minimum absolute atomic E-state index is 0.118. The van der Waals surface area contributed by atoms with Gasteiger partial charge in [-0.25, -0.2) is 0 Å². The Hall–Kier alpha value is -1.52. The van der Waals surface area contributed by atoms with Crippen LogP contribution in [0.2, 0.25) is 0 Å². The van der Waals surface area contributed by atoms with Gasteiger partial charge in [0.05, 0.1) is 0 Å². The predicted octanol–water partition coefficient (Wildman–Crippen LogP) is 1.02. The number of anilines is 1. The summed E-state index contributed by atoms with van der Waals surface area (Å²) >= 11 is 0. The average Bonchev–Trinajstić information content (AvgIpc) is 2.08. The molecule has 14 heavy (non-hydrogen) atoms. The molecule has 0 fully saturated rings. The largest absolute Gasteiger partial charge is 0.508 e. The third-order valence-corrected chi connectivity index (χ3v) is 1.78. The molecule has 0 aliphatic heterocycles. The zero-order valence-corrected chi connectivity index (χ0v) is 7.86. The maximum Gasteiger partial charge on any atom is 0.267 e. The second-order valence-electron chi connectivity index (χ2n) is 3.12. The minimum Gasteiger partial charge on any atom is -0.508 e. The van der Waals surface area contributed by atoms with Crippen LogP contribution in [0.25, 0.3) is 0 Å². The van der Waals surface area contributed by atoms with Gasteiger partial charge in [-0.2, -0.15) is 0 Å². The fourth-order valence-corrected chi connectivity index (χ4v) is 0.853. The molecule has 4 heteroatoms. The van der Waals surface area contributed by atoms with E-state index in [1.807, 2.05) is 0 Å². The summed E-state index contributed by atoms with van der Waals surface area (Å²) in [5, 5.41) is 30.2. The van der Waals surface area contributed by atoms with Crippen LogP contribution in [0.4, 0.5) is 5.69 Å². The number of nitrogens with one attached hydrogen (secondary N) is 1. The van der Waals surface area contributed by atoms with Crippen LogP contribution in [0.3, 0.4) is 0 Å². The summed E-state index contributed by atoms with van der Waals surface area (Å²) in [6.07, 6.45) is 0. The van der Waals surface area contributed by atoms with Gasteiger partial charge in [0.25, 0.3) is 5.91 Å². The third kappa shape index (κ3) is 2.48. The Kier molecular flexibility index (Phi) is 2.78. The molecule has 4 nitrogen and oxygen atoms in total. The maximum atomic E-state index is 9.40. The average molecular weight is 195 g/mol. The van der Waals surface area contributed by atoms with E-state index in [1.54, 1.807) is 0 Å². The fraction of sp³-hybridized carbons (Fsp3) is 0.200. The fourth-order valence-electron chi connectivity index (χ4n) is 0.853. The lowest BCUT2D eigenvalue weighted by Crippen LogP contribution is -2.38. The lowest BCUT2D eigenvalue weighted by Gasteiger charge is -2.24. The van der Waals surface area contributed by atoms with E-state index in [4.69, 9.17) is 5.11 Å². The molecule has 76 valence electrons. The first-order valence-electron chi connectivity index (χ1n) is 4.10. The van der Waals surface area contributed by atoms with E-state index < -0.39 is 5.91 Å². The highest BCUT2D eigenvalue weighted by molar-refractivity contribution is 5.48. The highest BCUT2D eigenvalue weighted by Gasteiger charge is 2.23. The van der Waals surface area contributed by atoms with Gasteiger partial charge in [0.2, 0.25) is 0 Å². The van der Waals surface area contributed by atoms with Gasteiger partial charge in [-0.3, -0.25) is 0 Å². The molecule has 0 aliphatic rings. The lowest BCUT2D eigenvalue weighted by molar-refractivity contribution is -0.102. The van der Waals surface area contributed by atoms with E-state index in [-0.39, 0.29) is 11.3 Å². The number of phenols is 1. The first kappa shape index (κ1) is 10.6. The first-order chi connectivity index (χ1) is 6.42. The molecule has 0 saturated carbocycles. The number of phenolic OH excluding ortho intramolecular Hbond substituents is 1. The molecule has 0 spiro atoms. The molecule has 0 bridgehead atoms. The van der Waals surface area contributed by atoms with Gasteiger partial charge in [-0.15, -0.1) is 0 Å². The van der Waals surface area contributed by atoms with Gasteiger partial charge >= 0.3 is 0 Å². The van der Waals surface area contributed by atoms with E-state index in [2.05, 4.69) is 11.9 Å². The van der Waals surface area contributed by atoms with E-state index in [0.29, 0.717) is 5.69 Å². The third-order valence-electron chi connectivity index (χ3n) is 1.78. The van der Waals surface area contributed by atoms with Crippen molar-refractivity contribution in [1.82, 2.24) is 0 Å². The number of hydrogen-bond donors (Lipinski definition) is 4. The number of aliphatic hydroxyl groups is 2. The van der Waals surface area contributed by atoms with Crippen LogP contribution in [0, 0.1) is 0 Å². The molecule has 0 aliphatic carbocycles. The van der Waals surface area contributed by atoms with Crippen molar-refractivity contribution < 1.29 is 15.3 Å². The van der Waals surface area contributed by atoms with Gasteiger partial charge in [0, 0.05) is 11.3 Å². The highest BCUT2D eigenvalue weighted by atomic mass is 16.5. The monoisotopic (exact) mass is 195 g/mol. The Morgan fingerprint density at radius 2 is 1.79 bits per heavy atom. The number of hydrogen-bond acceptors (Lipinski definition) is 4. The molecule has 1 rings (SSSR count). The minimum atomic E-state index is -2.13. The topological polar surface area (TPSA) is 72.7 Å². The van der Waals surface area contributed by atoms with E-state index in [9.17, 15) is 10.2 Å². The molecule has 0 aromatic heterocycles. The highest BCUT2D eigenvalue weighted by Crippen LogP contribution is 2.19. The van der Waals surface area contributed by atoms with Crippen molar-refractivity contribution in [1.29, 1.82) is 0 Å². The molecule has 1 aromatic carbocycles. The van der Waals surface area contributed by atoms with E-state index in [1.165, 1.54) is 31.2 Å². The quantitative estimate of drug-likeness (QED) is 0.330. The standard InChI is InChI=1S/C10H13NO3/c1-7(2)10(13,14)11-8-3-5-9(12)6-4-8/h3-6,11-14H,1H2,2H3. The Bertz CT molecular complexity index is 330. The Morgan fingerprint density at radius 3 is 2.21 bits per heavy atom. The van der Waals surface area contributed by atoms with Crippen molar-refractivity contribution in [3.63, 3.8) is 0 Å². The zero-order chi connectivity index (χ0) is 10.8. The number of benzene rings is 1. The molecule has 0 heterocycles. The van der Waals surface area contributed by atoms with Gasteiger partial charge in [0.1, 0.15) is 5.75 Å². The summed E-state index contributed by atoms with van der Waals surface area (Å²) < 4.78 is 0. The van der Waals surface area contributed by atoms with Crippen LogP contribution in [0.1, 0.15) is 6.92 Å². The summed E-state index contributed by atoms with van der Waals surface area (Å²) in [4.78, 5) is 0. The lowest BCUT2D eigenvalue weighted by atomic mass is 10.2. The molecule has 0 radical (unpaired) electrons. The Balaban J connectivity index is 2.79. The molecule has 0 unspecified atom stereocenters. The van der Waals surface area contributed by atoms with Crippen LogP contribution >= 0.6 is 0 Å².